The molecule has 0 amide bonds. The summed E-state index contributed by atoms with van der Waals surface area (Å²) < 4.78 is 6.16. The predicted octanol–water partition coefficient (Wildman–Crippen LogP) is 4.47. The van der Waals surface area contributed by atoms with E-state index in [1.54, 1.807) is 13.2 Å². The van der Waals surface area contributed by atoms with Crippen LogP contribution in [-0.2, 0) is 17.6 Å². The minimum atomic E-state index is 0.110. The van der Waals surface area contributed by atoms with Crippen molar-refractivity contribution in [2.75, 3.05) is 7.11 Å². The van der Waals surface area contributed by atoms with Crippen LogP contribution in [0.4, 0.5) is 0 Å². The van der Waals surface area contributed by atoms with E-state index < -0.39 is 0 Å². The van der Waals surface area contributed by atoms with Crippen LogP contribution in [0, 0.1) is 0 Å². The summed E-state index contributed by atoms with van der Waals surface area (Å²) in [5.41, 5.74) is 1.74. The molecular weight excluding hydrogens is 340 g/mol. The Kier molecular flexibility index (Phi) is 5.21. The van der Waals surface area contributed by atoms with Crippen molar-refractivity contribution < 1.29 is 9.53 Å². The first-order valence-corrected chi connectivity index (χ1v) is 7.35. The quantitative estimate of drug-likeness (QED) is 0.793. The molecule has 0 aliphatic heterocycles. The number of ketones is 1. The molecule has 0 fully saturated rings. The van der Waals surface area contributed by atoms with Gasteiger partial charge in [-0.2, -0.15) is 0 Å². The van der Waals surface area contributed by atoms with E-state index in [-0.39, 0.29) is 5.78 Å². The number of hydrogen-bond acceptors (Lipinski definition) is 2. The molecule has 4 heteroatoms. The van der Waals surface area contributed by atoms with Gasteiger partial charge in [0.25, 0.3) is 0 Å². The van der Waals surface area contributed by atoms with E-state index >= 15 is 0 Å². The lowest BCUT2D eigenvalue weighted by molar-refractivity contribution is -0.117. The molecule has 0 aliphatic rings. The number of carbonyl (C=O) groups excluding carboxylic acids is 1. The third-order valence-corrected chi connectivity index (χ3v) is 3.83. The molecule has 2 aromatic carbocycles. The molecule has 2 aromatic rings. The summed E-state index contributed by atoms with van der Waals surface area (Å²) in [6, 6.07) is 13.1. The predicted molar refractivity (Wildman–Crippen MR) is 84.6 cm³/mol. The number of hydrogen-bond donors (Lipinski definition) is 0. The Morgan fingerprint density at radius 1 is 1.15 bits per heavy atom. The lowest BCUT2D eigenvalue weighted by Gasteiger charge is -2.08. The Bertz CT molecular complexity index is 626. The monoisotopic (exact) mass is 352 g/mol. The van der Waals surface area contributed by atoms with Gasteiger partial charge in [-0.1, -0.05) is 51.8 Å². The first-order valence-electron chi connectivity index (χ1n) is 6.17. The van der Waals surface area contributed by atoms with Crippen LogP contribution in [0.1, 0.15) is 11.1 Å². The second-order valence-corrected chi connectivity index (χ2v) is 5.76. The molecule has 20 heavy (non-hydrogen) atoms. The van der Waals surface area contributed by atoms with Gasteiger partial charge in [-0.15, -0.1) is 0 Å². The molecule has 0 aromatic heterocycles. The SMILES string of the molecule is COc1ccccc1CC(=O)Cc1ccc(Br)cc1Cl. The highest BCUT2D eigenvalue weighted by molar-refractivity contribution is 9.10. The van der Waals surface area contributed by atoms with Gasteiger partial charge in [0.2, 0.25) is 0 Å². The lowest BCUT2D eigenvalue weighted by atomic mass is 10.0. The highest BCUT2D eigenvalue weighted by atomic mass is 79.9. The Hall–Kier alpha value is -1.32. The zero-order chi connectivity index (χ0) is 14.5. The zero-order valence-electron chi connectivity index (χ0n) is 11.0. The van der Waals surface area contributed by atoms with Crippen molar-refractivity contribution in [2.24, 2.45) is 0 Å². The maximum atomic E-state index is 12.2. The molecule has 104 valence electrons. The van der Waals surface area contributed by atoms with Gasteiger partial charge in [0.05, 0.1) is 7.11 Å². The second-order valence-electron chi connectivity index (χ2n) is 4.44. The van der Waals surface area contributed by atoms with Crippen molar-refractivity contribution in [3.63, 3.8) is 0 Å². The van der Waals surface area contributed by atoms with E-state index in [2.05, 4.69) is 15.9 Å². The Labute approximate surface area is 131 Å². The highest BCUT2D eigenvalue weighted by Crippen LogP contribution is 2.23. The van der Waals surface area contributed by atoms with E-state index in [0.717, 1.165) is 21.3 Å². The van der Waals surface area contributed by atoms with Crippen LogP contribution in [0.5, 0.6) is 5.75 Å². The third-order valence-electron chi connectivity index (χ3n) is 2.98. The third kappa shape index (κ3) is 3.84. The number of benzene rings is 2. The van der Waals surface area contributed by atoms with Gasteiger partial charge in [-0.25, -0.2) is 0 Å². The number of rotatable bonds is 5. The number of ether oxygens (including phenoxy) is 1. The molecule has 0 saturated heterocycles. The van der Waals surface area contributed by atoms with Crippen molar-refractivity contribution >= 4 is 33.3 Å². The first-order chi connectivity index (χ1) is 9.60. The van der Waals surface area contributed by atoms with Gasteiger partial charge in [-0.05, 0) is 23.8 Å². The van der Waals surface area contributed by atoms with Crippen molar-refractivity contribution in [3.8, 4) is 5.75 Å². The van der Waals surface area contributed by atoms with E-state index in [1.807, 2.05) is 36.4 Å². The summed E-state index contributed by atoms with van der Waals surface area (Å²) >= 11 is 9.48. The minimum absolute atomic E-state index is 0.110. The van der Waals surface area contributed by atoms with E-state index in [4.69, 9.17) is 16.3 Å². The van der Waals surface area contributed by atoms with Crippen LogP contribution in [0.3, 0.4) is 0 Å². The number of carbonyl (C=O) groups is 1. The number of Topliss-reactive ketones (excluding diaryl/α,β-unsaturated/α-hetero) is 1. The van der Waals surface area contributed by atoms with Crippen molar-refractivity contribution in [3.05, 3.63) is 63.1 Å². The van der Waals surface area contributed by atoms with Gasteiger partial charge in [0, 0.05) is 27.9 Å². The van der Waals surface area contributed by atoms with Gasteiger partial charge >= 0.3 is 0 Å². The minimum Gasteiger partial charge on any atom is -0.496 e. The average molecular weight is 354 g/mol. The van der Waals surface area contributed by atoms with Crippen molar-refractivity contribution in [2.45, 2.75) is 12.8 Å². The van der Waals surface area contributed by atoms with Crippen LogP contribution in [-0.4, -0.2) is 12.9 Å². The second kappa shape index (κ2) is 6.91. The molecule has 2 rings (SSSR count). The fourth-order valence-corrected chi connectivity index (χ4v) is 2.74. The summed E-state index contributed by atoms with van der Waals surface area (Å²) in [6.07, 6.45) is 0.667. The zero-order valence-corrected chi connectivity index (χ0v) is 13.4. The number of para-hydroxylation sites is 1. The van der Waals surface area contributed by atoms with Crippen LogP contribution in [0.15, 0.2) is 46.9 Å². The summed E-state index contributed by atoms with van der Waals surface area (Å²) in [4.78, 5) is 12.2. The van der Waals surface area contributed by atoms with Gasteiger partial charge in [0.1, 0.15) is 11.5 Å². The van der Waals surface area contributed by atoms with E-state index in [0.29, 0.717) is 17.9 Å². The molecule has 0 unspecified atom stereocenters. The largest absolute Gasteiger partial charge is 0.496 e. The van der Waals surface area contributed by atoms with Crippen LogP contribution >= 0.6 is 27.5 Å². The van der Waals surface area contributed by atoms with Gasteiger partial charge in [-0.3, -0.25) is 4.79 Å². The summed E-state index contributed by atoms with van der Waals surface area (Å²) in [5, 5.41) is 0.604. The van der Waals surface area contributed by atoms with E-state index in [9.17, 15) is 4.79 Å². The highest BCUT2D eigenvalue weighted by Gasteiger charge is 2.11. The standard InChI is InChI=1S/C16H14BrClO2/c1-20-16-5-3-2-4-12(16)9-14(19)8-11-6-7-13(17)10-15(11)18/h2-7,10H,8-9H2,1H3. The lowest BCUT2D eigenvalue weighted by Crippen LogP contribution is -2.08. The molecule has 0 spiro atoms. The fourth-order valence-electron chi connectivity index (χ4n) is 2.00. The molecule has 2 nitrogen and oxygen atoms in total. The van der Waals surface area contributed by atoms with E-state index in [1.165, 1.54) is 0 Å². The Balaban J connectivity index is 2.09. The van der Waals surface area contributed by atoms with Crippen LogP contribution in [0.2, 0.25) is 5.02 Å². The van der Waals surface area contributed by atoms with Crippen LogP contribution in [0.25, 0.3) is 0 Å². The molecular formula is C16H14BrClO2. The first kappa shape index (κ1) is 15.1. The van der Waals surface area contributed by atoms with Crippen LogP contribution < -0.4 is 4.74 Å². The average Bonchev–Trinajstić information content (AvgIpc) is 2.42. The fraction of sp³-hybridized carbons (Fsp3) is 0.188. The molecule has 0 N–H and O–H groups in total. The molecule has 0 saturated carbocycles. The summed E-state index contributed by atoms with van der Waals surface area (Å²) in [5.74, 6) is 0.849. The van der Waals surface area contributed by atoms with Gasteiger partial charge in [0.15, 0.2) is 0 Å². The molecule has 0 aliphatic carbocycles. The normalized spacial score (nSPS) is 10.3. The van der Waals surface area contributed by atoms with Crippen molar-refractivity contribution in [1.29, 1.82) is 0 Å². The smallest absolute Gasteiger partial charge is 0.141 e. The maximum Gasteiger partial charge on any atom is 0.141 e. The summed E-state index contributed by atoms with van der Waals surface area (Å²) in [6.45, 7) is 0. The number of halogens is 2. The molecule has 0 radical (unpaired) electrons. The molecule has 0 bridgehead atoms. The summed E-state index contributed by atoms with van der Waals surface area (Å²) in [7, 11) is 1.61. The molecule has 0 heterocycles. The Morgan fingerprint density at radius 2 is 1.85 bits per heavy atom. The number of methoxy groups -OCH3 is 1. The molecule has 0 atom stereocenters. The van der Waals surface area contributed by atoms with Crippen molar-refractivity contribution in [1.82, 2.24) is 0 Å². The van der Waals surface area contributed by atoms with Gasteiger partial charge < -0.3 is 4.74 Å². The topological polar surface area (TPSA) is 26.3 Å². The Morgan fingerprint density at radius 3 is 2.55 bits per heavy atom. The maximum absolute atomic E-state index is 12.2.